The molecule has 1 aliphatic heterocycles. The molecule has 46 heavy (non-hydrogen) atoms. The highest BCUT2D eigenvalue weighted by molar-refractivity contribution is 8.01. The summed E-state index contributed by atoms with van der Waals surface area (Å²) < 4.78 is 15.8. The van der Waals surface area contributed by atoms with E-state index in [1.807, 2.05) is 91.0 Å². The molecule has 0 aliphatic carbocycles. The average Bonchev–Trinajstić information content (AvgIpc) is 3.77. The standard InChI is InChI=1S/C36H29N3O4S3/c1-4-42-34(41)30-31(23-10-6-5-7-11-23)38-35-39(32(30)24-16-14-22(15-17-24)21(2)3)33(40)28(44-35)20-25-18-19-29(43-25)46-36-37-26-12-8-9-13-27(26)45-36/h5-21,32H,4H2,1-3H3/b28-20+/t32-/m1/s1. The predicted octanol–water partition coefficient (Wildman–Crippen LogP) is 7.41. The van der Waals surface area contributed by atoms with Crippen molar-refractivity contribution in [2.24, 2.45) is 4.99 Å². The summed E-state index contributed by atoms with van der Waals surface area (Å²) in [5, 5.41) is 0.678. The van der Waals surface area contributed by atoms with Crippen molar-refractivity contribution in [1.29, 1.82) is 0 Å². The average molecular weight is 664 g/mol. The SMILES string of the molecule is CCOC(=O)C1=C(c2ccccc2)N=c2s/c(=C/c3ccc(Sc4nc5ccccc5s4)o3)c(=O)n2[C@@H]1c1ccc(C(C)C)cc1. The molecule has 6 aromatic rings. The molecule has 7 rings (SSSR count). The molecule has 0 amide bonds. The van der Waals surface area contributed by atoms with Gasteiger partial charge in [0, 0.05) is 11.6 Å². The number of hydrogen-bond donors (Lipinski definition) is 0. The Bertz CT molecular complexity index is 2240. The number of aromatic nitrogens is 2. The van der Waals surface area contributed by atoms with Gasteiger partial charge in [0.15, 0.2) is 14.2 Å². The molecule has 1 aliphatic rings. The number of nitrogens with zero attached hydrogens (tertiary/aromatic N) is 3. The van der Waals surface area contributed by atoms with Crippen molar-refractivity contribution < 1.29 is 13.9 Å². The molecule has 10 heteroatoms. The molecule has 0 saturated heterocycles. The topological polar surface area (TPSA) is 86.7 Å². The van der Waals surface area contributed by atoms with Crippen LogP contribution in [-0.2, 0) is 9.53 Å². The zero-order valence-electron chi connectivity index (χ0n) is 25.3. The van der Waals surface area contributed by atoms with Crippen molar-refractivity contribution in [3.63, 3.8) is 0 Å². The van der Waals surface area contributed by atoms with Crippen LogP contribution >= 0.6 is 34.4 Å². The fourth-order valence-electron chi connectivity index (χ4n) is 5.40. The number of hydrogen-bond acceptors (Lipinski definition) is 9. The molecule has 0 N–H and O–H groups in total. The maximum absolute atomic E-state index is 14.2. The smallest absolute Gasteiger partial charge is 0.338 e. The first-order chi connectivity index (χ1) is 22.4. The van der Waals surface area contributed by atoms with E-state index in [2.05, 4.69) is 18.8 Å². The summed E-state index contributed by atoms with van der Waals surface area (Å²) in [4.78, 5) is 38.0. The van der Waals surface area contributed by atoms with Crippen LogP contribution in [0, 0.1) is 0 Å². The van der Waals surface area contributed by atoms with E-state index in [0.717, 1.165) is 25.7 Å². The number of thiazole rings is 2. The Balaban J connectivity index is 1.35. The van der Waals surface area contributed by atoms with Crippen LogP contribution in [0.5, 0.6) is 0 Å². The Kier molecular flexibility index (Phi) is 8.33. The molecule has 7 nitrogen and oxygen atoms in total. The molecule has 0 spiro atoms. The van der Waals surface area contributed by atoms with Crippen molar-refractivity contribution in [2.75, 3.05) is 6.61 Å². The van der Waals surface area contributed by atoms with Gasteiger partial charge in [-0.1, -0.05) is 91.9 Å². The van der Waals surface area contributed by atoms with Crippen molar-refractivity contribution in [3.05, 3.63) is 139 Å². The first kappa shape index (κ1) is 30.2. The molecule has 0 unspecified atom stereocenters. The summed E-state index contributed by atoms with van der Waals surface area (Å²) in [5.74, 6) is 0.376. The van der Waals surface area contributed by atoms with E-state index < -0.39 is 12.0 Å². The molecule has 0 fully saturated rings. The van der Waals surface area contributed by atoms with E-state index in [-0.39, 0.29) is 12.2 Å². The minimum atomic E-state index is -0.726. The van der Waals surface area contributed by atoms with Crippen molar-refractivity contribution in [2.45, 2.75) is 42.2 Å². The fraction of sp³-hybridized carbons (Fsp3) is 0.167. The lowest BCUT2D eigenvalue weighted by atomic mass is 9.91. The second-order valence-corrected chi connectivity index (χ2v) is 14.3. The highest BCUT2D eigenvalue weighted by Gasteiger charge is 2.35. The minimum absolute atomic E-state index is 0.198. The Morgan fingerprint density at radius 2 is 1.76 bits per heavy atom. The fourth-order valence-corrected chi connectivity index (χ4v) is 8.35. The number of furan rings is 1. The van der Waals surface area contributed by atoms with Gasteiger partial charge in [-0.3, -0.25) is 9.36 Å². The lowest BCUT2D eigenvalue weighted by molar-refractivity contribution is -0.138. The van der Waals surface area contributed by atoms with Gasteiger partial charge < -0.3 is 9.15 Å². The van der Waals surface area contributed by atoms with Crippen LogP contribution in [0.25, 0.3) is 22.0 Å². The van der Waals surface area contributed by atoms with Gasteiger partial charge in [0.25, 0.3) is 5.56 Å². The van der Waals surface area contributed by atoms with Crippen molar-refractivity contribution in [3.8, 4) is 0 Å². The molecule has 0 radical (unpaired) electrons. The second-order valence-electron chi connectivity index (χ2n) is 11.0. The van der Waals surface area contributed by atoms with Crippen molar-refractivity contribution in [1.82, 2.24) is 9.55 Å². The zero-order chi connectivity index (χ0) is 31.8. The van der Waals surface area contributed by atoms with Crippen LogP contribution in [0.2, 0.25) is 0 Å². The molecule has 0 bridgehead atoms. The largest absolute Gasteiger partial charge is 0.463 e. The monoisotopic (exact) mass is 663 g/mol. The lowest BCUT2D eigenvalue weighted by Gasteiger charge is -2.26. The van der Waals surface area contributed by atoms with Gasteiger partial charge in [-0.25, -0.2) is 14.8 Å². The molecule has 3 aromatic carbocycles. The van der Waals surface area contributed by atoms with Gasteiger partial charge in [-0.15, -0.1) is 11.3 Å². The number of benzene rings is 3. The summed E-state index contributed by atoms with van der Waals surface area (Å²) >= 11 is 4.32. The Hall–Kier alpha value is -4.51. The maximum Gasteiger partial charge on any atom is 0.338 e. The summed E-state index contributed by atoms with van der Waals surface area (Å²) in [5.41, 5.74) is 4.26. The quantitative estimate of drug-likeness (QED) is 0.158. The van der Waals surface area contributed by atoms with Crippen LogP contribution in [0.4, 0.5) is 0 Å². The first-order valence-electron chi connectivity index (χ1n) is 14.9. The summed E-state index contributed by atoms with van der Waals surface area (Å²) in [6, 6.07) is 28.6. The Labute approximate surface area is 277 Å². The molecule has 0 saturated carbocycles. The van der Waals surface area contributed by atoms with Crippen LogP contribution in [-0.4, -0.2) is 22.1 Å². The number of rotatable bonds is 8. The van der Waals surface area contributed by atoms with E-state index in [4.69, 9.17) is 14.1 Å². The third kappa shape index (κ3) is 5.79. The highest BCUT2D eigenvalue weighted by atomic mass is 32.2. The van der Waals surface area contributed by atoms with Gasteiger partial charge in [0.2, 0.25) is 0 Å². The lowest BCUT2D eigenvalue weighted by Crippen LogP contribution is -2.40. The number of carbonyl (C=O) groups excluding carboxylic acids is 1. The Morgan fingerprint density at radius 3 is 2.50 bits per heavy atom. The summed E-state index contributed by atoms with van der Waals surface area (Å²) in [7, 11) is 0. The third-order valence-corrected chi connectivity index (χ3v) is 10.6. The molecule has 3 aromatic heterocycles. The van der Waals surface area contributed by atoms with E-state index in [1.54, 1.807) is 28.9 Å². The maximum atomic E-state index is 14.2. The number of fused-ring (bicyclic) bond motifs is 2. The molecular weight excluding hydrogens is 635 g/mol. The van der Waals surface area contributed by atoms with Crippen LogP contribution < -0.4 is 14.9 Å². The van der Waals surface area contributed by atoms with Crippen molar-refractivity contribution >= 4 is 62.4 Å². The summed E-state index contributed by atoms with van der Waals surface area (Å²) in [6.07, 6.45) is 1.74. The predicted molar refractivity (Wildman–Crippen MR) is 184 cm³/mol. The number of ether oxygens (including phenoxy) is 1. The highest BCUT2D eigenvalue weighted by Crippen LogP contribution is 2.37. The Morgan fingerprint density at radius 1 is 1.00 bits per heavy atom. The van der Waals surface area contributed by atoms with Crippen LogP contribution in [0.1, 0.15) is 55.2 Å². The van der Waals surface area contributed by atoms with E-state index in [9.17, 15) is 9.59 Å². The zero-order valence-corrected chi connectivity index (χ0v) is 27.7. The van der Waals surface area contributed by atoms with Crippen LogP contribution in [0.3, 0.4) is 0 Å². The minimum Gasteiger partial charge on any atom is -0.463 e. The second kappa shape index (κ2) is 12.7. The van der Waals surface area contributed by atoms with E-state index in [1.165, 1.54) is 28.7 Å². The number of para-hydroxylation sites is 1. The number of esters is 1. The molecule has 1 atom stereocenters. The van der Waals surface area contributed by atoms with E-state index >= 15 is 0 Å². The third-order valence-electron chi connectivity index (χ3n) is 7.63. The van der Waals surface area contributed by atoms with E-state index in [0.29, 0.717) is 37.4 Å². The number of carbonyl (C=O) groups is 1. The van der Waals surface area contributed by atoms with Gasteiger partial charge in [-0.2, -0.15) is 0 Å². The van der Waals surface area contributed by atoms with Gasteiger partial charge in [0.1, 0.15) is 5.76 Å². The first-order valence-corrected chi connectivity index (χ1v) is 17.4. The van der Waals surface area contributed by atoms with Gasteiger partial charge in [0.05, 0.1) is 38.7 Å². The normalized spacial score (nSPS) is 15.0. The van der Waals surface area contributed by atoms with Gasteiger partial charge >= 0.3 is 5.97 Å². The van der Waals surface area contributed by atoms with Crippen LogP contribution in [0.15, 0.2) is 120 Å². The summed E-state index contributed by atoms with van der Waals surface area (Å²) in [6.45, 7) is 6.24. The molecule has 4 heterocycles. The molecular formula is C36H29N3O4S3. The molecule has 230 valence electrons. The van der Waals surface area contributed by atoms with Gasteiger partial charge in [-0.05, 0) is 60.0 Å².